The zero-order valence-electron chi connectivity index (χ0n) is 84.3. The summed E-state index contributed by atoms with van der Waals surface area (Å²) in [6, 6.07) is 172. The summed E-state index contributed by atoms with van der Waals surface area (Å²) in [5.74, 6) is 4.56. The second-order valence-corrected chi connectivity index (χ2v) is 36.3. The van der Waals surface area contributed by atoms with Crippen LogP contribution < -0.4 is 0 Å². The smallest absolute Gasteiger partial charge is 0.164 e. The summed E-state index contributed by atoms with van der Waals surface area (Å²) < 4.78 is 49.0. The molecule has 0 atom stereocenters. The number of para-hydroxylation sites is 5. The molecule has 22 aromatic carbocycles. The van der Waals surface area contributed by atoms with E-state index in [1.165, 1.54) is 82.0 Å². The maximum atomic E-state index is 8.62. The third kappa shape index (κ3) is 16.9. The van der Waals surface area contributed by atoms with Crippen LogP contribution in [0.3, 0.4) is 0 Å². The summed E-state index contributed by atoms with van der Waals surface area (Å²) in [6.07, 6.45) is 0. The second kappa shape index (κ2) is 38.2. The van der Waals surface area contributed by atoms with Crippen LogP contribution in [0.2, 0.25) is 0 Å². The summed E-state index contributed by atoms with van der Waals surface area (Å²) in [4.78, 5) is 44.2. The Balaban J connectivity index is 0.000000115. The molecule has 0 unspecified atom stereocenters. The van der Waals surface area contributed by atoms with Gasteiger partial charge in [-0.1, -0.05) is 461 Å². The van der Waals surface area contributed by atoms with Crippen LogP contribution in [0.4, 0.5) is 0 Å². The van der Waals surface area contributed by atoms with Crippen molar-refractivity contribution < 1.29 is 6.85 Å². The monoisotopic (exact) mass is 1880 g/mol. The van der Waals surface area contributed by atoms with Crippen molar-refractivity contribution in [1.82, 2.24) is 58.6 Å². The molecule has 0 amide bonds. The van der Waals surface area contributed by atoms with Gasteiger partial charge in [0.2, 0.25) is 0 Å². The molecule has 0 N–H and O–H groups in total. The Morgan fingerprint density at radius 1 is 0.150 bits per heavy atom. The molecule has 0 fully saturated rings. The lowest BCUT2D eigenvalue weighted by atomic mass is 10.0. The third-order valence-electron chi connectivity index (χ3n) is 27.4. The number of rotatable bonds is 16. The highest BCUT2D eigenvalue weighted by Gasteiger charge is 2.24. The Labute approximate surface area is 855 Å². The summed E-state index contributed by atoms with van der Waals surface area (Å²) >= 11 is 0. The van der Waals surface area contributed by atoms with Crippen molar-refractivity contribution in [2.45, 2.75) is 0 Å². The SMILES string of the molecule is [2H]c1c([2H])c([2H])c(-c2nc(-c3ccc(-c4ccc(-n5c6ccccc6c6ccccc65)cc4)cc3)nc(-c3ccc4ccccc4c3)n2)c([2H])c1[2H].c1ccc(-c2ccc3c4ccccc4n(-c4cccc5c(-c6nc(-c7ccccc7)nc(-c7ccc8ccccc8c7)n6)cccc45)c3c2)cc1.c1ccc(-c2nc(-c3ccccc3)nc(-c3ccc(-c4cccc(-n5c6ccccc6c6cccc(-c7ccccc7)c65)c4)cc3)n2)cc1. The first-order chi connectivity index (χ1) is 74.9. The number of fused-ring (bicyclic) bond motifs is 12. The van der Waals surface area contributed by atoms with Gasteiger partial charge in [-0.3, -0.25) is 0 Å². The Morgan fingerprint density at radius 3 is 0.966 bits per heavy atom. The predicted octanol–water partition coefficient (Wildman–Crippen LogP) is 34.0. The number of hydrogen-bond acceptors (Lipinski definition) is 9. The third-order valence-corrected chi connectivity index (χ3v) is 27.4. The summed E-state index contributed by atoms with van der Waals surface area (Å²) in [5.41, 5.74) is 26.5. The van der Waals surface area contributed by atoms with Crippen LogP contribution in [0, 0.1) is 0 Å². The van der Waals surface area contributed by atoms with Gasteiger partial charge >= 0.3 is 0 Å². The number of hydrogen-bond donors (Lipinski definition) is 0. The van der Waals surface area contributed by atoms with Crippen molar-refractivity contribution in [3.63, 3.8) is 0 Å². The fourth-order valence-electron chi connectivity index (χ4n) is 20.4. The van der Waals surface area contributed by atoms with Gasteiger partial charge in [0.05, 0.1) is 45.6 Å². The van der Waals surface area contributed by atoms with Crippen LogP contribution in [-0.4, -0.2) is 58.6 Å². The van der Waals surface area contributed by atoms with Crippen LogP contribution in [0.25, 0.3) is 262 Å². The number of benzene rings is 22. The Morgan fingerprint density at radius 2 is 0.463 bits per heavy atom. The fourth-order valence-corrected chi connectivity index (χ4v) is 20.4. The van der Waals surface area contributed by atoms with E-state index in [4.69, 9.17) is 46.7 Å². The van der Waals surface area contributed by atoms with Crippen LogP contribution in [0.1, 0.15) is 6.85 Å². The lowest BCUT2D eigenvalue weighted by Crippen LogP contribution is -2.01. The molecule has 0 aliphatic rings. The molecule has 0 aliphatic heterocycles. The highest BCUT2D eigenvalue weighted by atomic mass is 15.1. The molecule has 0 saturated carbocycles. The highest BCUT2D eigenvalue weighted by Crippen LogP contribution is 2.44. The van der Waals surface area contributed by atoms with Crippen LogP contribution in [-0.2, 0) is 0 Å². The van der Waals surface area contributed by atoms with Crippen molar-refractivity contribution >= 4 is 97.7 Å². The maximum Gasteiger partial charge on any atom is 0.164 e. The second-order valence-electron chi connectivity index (χ2n) is 36.3. The molecule has 0 radical (unpaired) electrons. The van der Waals surface area contributed by atoms with E-state index < -0.39 is 18.1 Å². The van der Waals surface area contributed by atoms with E-state index in [9.17, 15) is 0 Å². The van der Waals surface area contributed by atoms with Gasteiger partial charge < -0.3 is 13.7 Å². The molecule has 0 saturated heterocycles. The first-order valence-electron chi connectivity index (χ1n) is 51.5. The lowest BCUT2D eigenvalue weighted by Gasteiger charge is -2.15. The first-order valence-corrected chi connectivity index (χ1v) is 49.0. The summed E-state index contributed by atoms with van der Waals surface area (Å²) in [7, 11) is 0. The normalized spacial score (nSPS) is 11.9. The van der Waals surface area contributed by atoms with E-state index in [0.717, 1.165) is 116 Å². The first kappa shape index (κ1) is 81.8. The Kier molecular flexibility index (Phi) is 21.3. The zero-order chi connectivity index (χ0) is 102. The van der Waals surface area contributed by atoms with Gasteiger partial charge in [0, 0.05) is 105 Å². The molecule has 147 heavy (non-hydrogen) atoms. The molecular formula is C135H88N12. The molecular weight excluding hydrogens is 1790 g/mol. The Hall–Kier alpha value is -20.0. The van der Waals surface area contributed by atoms with Gasteiger partial charge in [0.25, 0.3) is 0 Å². The quantitative estimate of drug-likeness (QED) is 0.0928. The molecule has 0 aliphatic carbocycles. The molecule has 12 nitrogen and oxygen atoms in total. The average molecular weight is 1880 g/mol. The standard InChI is InChI=1S/C47H30N4.C45H30N4.C43H28N4/c1-3-13-31(14-4-1)35-27-28-40-39-19-9-10-23-42(39)51(44(40)30-35)43-24-12-20-37-38(43)21-11-22-41(37)47-49-45(33-16-5-2-6-17-33)48-46(50-47)36-26-25-32-15-7-8-18-34(32)29-36;1-4-14-32(15-5-1)38-23-13-24-40-39-22-10-11-25-41(39)49(42(38)40)37-21-12-20-36(30-37)31-26-28-35(29-27-31)45-47-43(33-16-6-2-7-17-33)46-44(48-45)34-18-8-3-9-19-34;1-2-11-32(12-3-1)41-44-42(46-43(45-41)35-23-20-29-10-4-5-13-34(29)28-35)33-21-18-30(19-22-33)31-24-26-36(27-25-31)47-39-16-8-6-14-37(39)38-15-7-9-17-40(38)47/h1-30H;1-30H;1-28H/i;;1D,2D,3D,11D,12D. The molecule has 688 valence electrons. The topological polar surface area (TPSA) is 131 Å². The van der Waals surface area contributed by atoms with E-state index >= 15 is 0 Å². The van der Waals surface area contributed by atoms with Crippen molar-refractivity contribution in [3.8, 4) is 164 Å². The van der Waals surface area contributed by atoms with E-state index in [2.05, 4.69) is 377 Å². The van der Waals surface area contributed by atoms with Gasteiger partial charge in [-0.05, 0) is 139 Å². The van der Waals surface area contributed by atoms with Crippen molar-refractivity contribution in [1.29, 1.82) is 0 Å². The maximum absolute atomic E-state index is 8.62. The minimum Gasteiger partial charge on any atom is -0.309 e. The lowest BCUT2D eigenvalue weighted by molar-refractivity contribution is 1.07. The number of nitrogens with zero attached hydrogens (tertiary/aromatic N) is 12. The predicted molar refractivity (Wildman–Crippen MR) is 606 cm³/mol. The van der Waals surface area contributed by atoms with Crippen molar-refractivity contribution in [3.05, 3.63) is 534 Å². The summed E-state index contributed by atoms with van der Waals surface area (Å²) in [6.45, 7) is 0. The van der Waals surface area contributed by atoms with Crippen LogP contribution in [0.5, 0.6) is 0 Å². The molecule has 0 spiro atoms. The van der Waals surface area contributed by atoms with E-state index in [1.807, 2.05) is 146 Å². The van der Waals surface area contributed by atoms with Gasteiger partial charge in [0.1, 0.15) is 0 Å². The van der Waals surface area contributed by atoms with Gasteiger partial charge in [-0.2, -0.15) is 0 Å². The fraction of sp³-hybridized carbons (Fsp3) is 0. The van der Waals surface area contributed by atoms with Crippen LogP contribution >= 0.6 is 0 Å². The van der Waals surface area contributed by atoms with Crippen molar-refractivity contribution in [2.24, 2.45) is 0 Å². The molecule has 6 aromatic heterocycles. The average Bonchev–Trinajstić information content (AvgIpc) is 1.57. The highest BCUT2D eigenvalue weighted by molar-refractivity contribution is 6.15. The Bertz CT molecular complexity index is 10000. The molecule has 28 rings (SSSR count). The van der Waals surface area contributed by atoms with Gasteiger partial charge in [-0.25, -0.2) is 44.9 Å². The van der Waals surface area contributed by atoms with Crippen molar-refractivity contribution in [2.75, 3.05) is 0 Å². The zero-order valence-corrected chi connectivity index (χ0v) is 79.3. The van der Waals surface area contributed by atoms with E-state index in [1.54, 1.807) is 0 Å². The number of aromatic nitrogens is 12. The molecule has 6 heterocycles. The summed E-state index contributed by atoms with van der Waals surface area (Å²) in [5, 5.41) is 14.0. The molecule has 28 aromatic rings. The van der Waals surface area contributed by atoms with E-state index in [0.29, 0.717) is 52.2 Å². The molecule has 12 heteroatoms. The van der Waals surface area contributed by atoms with Crippen LogP contribution in [0.15, 0.2) is 534 Å². The van der Waals surface area contributed by atoms with Gasteiger partial charge in [0.15, 0.2) is 52.4 Å². The van der Waals surface area contributed by atoms with E-state index in [-0.39, 0.29) is 23.5 Å². The largest absolute Gasteiger partial charge is 0.309 e. The molecule has 0 bridgehead atoms. The minimum atomic E-state index is -0.471. The minimum absolute atomic E-state index is 0.00915. The van der Waals surface area contributed by atoms with Gasteiger partial charge in [-0.15, -0.1) is 0 Å².